The lowest BCUT2D eigenvalue weighted by molar-refractivity contribution is 0.0691. The van der Waals surface area contributed by atoms with E-state index < -0.39 is 5.97 Å². The SMILES string of the molecule is Cc1cc([C@@H](C)Nc2ccc(Cl)nc2C(=O)O)c2nc(N3CC4CC4C3)n(C3CC3)c(=O)c2c1. The van der Waals surface area contributed by atoms with Crippen LogP contribution in [0.3, 0.4) is 0 Å². The van der Waals surface area contributed by atoms with Crippen LogP contribution in [0.4, 0.5) is 11.6 Å². The summed E-state index contributed by atoms with van der Waals surface area (Å²) < 4.78 is 1.92. The van der Waals surface area contributed by atoms with Gasteiger partial charge in [0.2, 0.25) is 5.95 Å². The third-order valence-electron chi connectivity index (χ3n) is 7.24. The van der Waals surface area contributed by atoms with Crippen molar-refractivity contribution in [2.24, 2.45) is 11.8 Å². The number of rotatable bonds is 6. The molecule has 0 amide bonds. The summed E-state index contributed by atoms with van der Waals surface area (Å²) in [5.41, 5.74) is 2.72. The fourth-order valence-corrected chi connectivity index (χ4v) is 5.42. The van der Waals surface area contributed by atoms with Crippen LogP contribution in [-0.4, -0.2) is 38.7 Å². The van der Waals surface area contributed by atoms with Gasteiger partial charge in [0.15, 0.2) is 5.69 Å². The van der Waals surface area contributed by atoms with Crippen molar-refractivity contribution >= 4 is 40.1 Å². The van der Waals surface area contributed by atoms with Crippen molar-refractivity contribution in [1.29, 1.82) is 0 Å². The molecular formula is C25H26ClN5O3. The van der Waals surface area contributed by atoms with Crippen molar-refractivity contribution in [1.82, 2.24) is 14.5 Å². The number of piperidine rings is 1. The molecule has 3 aromatic rings. The highest BCUT2D eigenvalue weighted by atomic mass is 35.5. The minimum atomic E-state index is -1.16. The number of benzene rings is 1. The lowest BCUT2D eigenvalue weighted by atomic mass is 10.0. The molecule has 3 fully saturated rings. The van der Waals surface area contributed by atoms with Crippen molar-refractivity contribution in [2.45, 2.75) is 45.2 Å². The Hall–Kier alpha value is -3.13. The van der Waals surface area contributed by atoms with Gasteiger partial charge in [-0.15, -0.1) is 0 Å². The largest absolute Gasteiger partial charge is 0.476 e. The van der Waals surface area contributed by atoms with E-state index in [0.717, 1.165) is 54.8 Å². The highest BCUT2D eigenvalue weighted by Gasteiger charge is 2.47. The zero-order valence-corrected chi connectivity index (χ0v) is 19.8. The van der Waals surface area contributed by atoms with Gasteiger partial charge >= 0.3 is 5.97 Å². The summed E-state index contributed by atoms with van der Waals surface area (Å²) in [4.78, 5) is 36.8. The Kier molecular flexibility index (Phi) is 4.85. The van der Waals surface area contributed by atoms with E-state index in [2.05, 4.69) is 15.2 Å². The molecule has 0 radical (unpaired) electrons. The molecule has 3 heterocycles. The van der Waals surface area contributed by atoms with E-state index in [1.807, 2.05) is 30.5 Å². The first-order chi connectivity index (χ1) is 16.3. The molecule has 34 heavy (non-hydrogen) atoms. The monoisotopic (exact) mass is 479 g/mol. The van der Waals surface area contributed by atoms with Gasteiger partial charge in [0.05, 0.1) is 22.6 Å². The van der Waals surface area contributed by atoms with Crippen molar-refractivity contribution in [3.8, 4) is 0 Å². The number of halogens is 1. The van der Waals surface area contributed by atoms with Crippen LogP contribution in [0.2, 0.25) is 5.15 Å². The van der Waals surface area contributed by atoms with Crippen molar-refractivity contribution < 1.29 is 9.90 Å². The molecule has 2 aromatic heterocycles. The van der Waals surface area contributed by atoms with Crippen molar-refractivity contribution in [2.75, 3.05) is 23.3 Å². The summed E-state index contributed by atoms with van der Waals surface area (Å²) in [7, 11) is 0. The first-order valence-electron chi connectivity index (χ1n) is 11.8. The van der Waals surface area contributed by atoms with E-state index in [1.165, 1.54) is 6.42 Å². The van der Waals surface area contributed by atoms with E-state index in [0.29, 0.717) is 16.6 Å². The Morgan fingerprint density at radius 1 is 1.21 bits per heavy atom. The Labute approximate surface area is 201 Å². The number of aromatic carboxylic acids is 1. The van der Waals surface area contributed by atoms with Crippen molar-refractivity contribution in [3.05, 3.63) is 56.6 Å². The number of aromatic nitrogens is 3. The fraction of sp³-hybridized carbons (Fsp3) is 0.440. The average molecular weight is 480 g/mol. The highest BCUT2D eigenvalue weighted by molar-refractivity contribution is 6.29. The first-order valence-corrected chi connectivity index (χ1v) is 12.2. The third kappa shape index (κ3) is 3.60. The van der Waals surface area contributed by atoms with Gasteiger partial charge in [-0.1, -0.05) is 17.7 Å². The summed E-state index contributed by atoms with van der Waals surface area (Å²) in [6, 6.07) is 7.02. The lowest BCUT2D eigenvalue weighted by Crippen LogP contribution is -2.32. The molecule has 176 valence electrons. The molecule has 0 bridgehead atoms. The number of fused-ring (bicyclic) bond motifs is 2. The van der Waals surface area contributed by atoms with E-state index >= 15 is 0 Å². The summed E-state index contributed by atoms with van der Waals surface area (Å²) in [5.74, 6) is 1.07. The first kappa shape index (κ1) is 21.4. The molecule has 1 aromatic carbocycles. The standard InChI is InChI=1S/C25H26ClN5O3/c1-12-7-17(13(2)27-19-5-6-20(26)28-22(19)24(33)34)21-18(8-12)23(32)31(16-3-4-16)25(29-21)30-10-14-9-15(14)11-30/h5-8,13-16,27H,3-4,9-11H2,1-2H3,(H,33,34)/t13-,14?,15?/m1/s1. The minimum Gasteiger partial charge on any atom is -0.476 e. The van der Waals surface area contributed by atoms with Gasteiger partial charge in [0, 0.05) is 24.7 Å². The smallest absolute Gasteiger partial charge is 0.356 e. The van der Waals surface area contributed by atoms with Gasteiger partial charge in [-0.3, -0.25) is 9.36 Å². The summed E-state index contributed by atoms with van der Waals surface area (Å²) in [6.07, 6.45) is 3.31. The molecule has 2 aliphatic carbocycles. The van der Waals surface area contributed by atoms with Crippen molar-refractivity contribution in [3.63, 3.8) is 0 Å². The number of carbonyl (C=O) groups is 1. The van der Waals surface area contributed by atoms with Crippen LogP contribution < -0.4 is 15.8 Å². The zero-order chi connectivity index (χ0) is 23.7. The Morgan fingerprint density at radius 3 is 2.62 bits per heavy atom. The van der Waals surface area contributed by atoms with E-state index in [-0.39, 0.29) is 28.5 Å². The van der Waals surface area contributed by atoms with Gasteiger partial charge in [-0.25, -0.2) is 14.8 Å². The quantitative estimate of drug-likeness (QED) is 0.505. The lowest BCUT2D eigenvalue weighted by Gasteiger charge is -2.25. The Balaban J connectivity index is 1.47. The summed E-state index contributed by atoms with van der Waals surface area (Å²) in [6.45, 7) is 5.82. The number of hydrogen-bond acceptors (Lipinski definition) is 6. The second-order valence-electron chi connectivity index (χ2n) is 9.93. The molecule has 2 unspecified atom stereocenters. The number of nitrogens with one attached hydrogen (secondary N) is 1. The molecule has 0 spiro atoms. The number of aryl methyl sites for hydroxylation is 1. The third-order valence-corrected chi connectivity index (χ3v) is 7.45. The van der Waals surface area contributed by atoms with Gasteiger partial charge in [0.1, 0.15) is 5.15 Å². The van der Waals surface area contributed by atoms with Crippen LogP contribution in [0.5, 0.6) is 0 Å². The molecule has 3 atom stereocenters. The Morgan fingerprint density at radius 2 is 1.94 bits per heavy atom. The second-order valence-corrected chi connectivity index (χ2v) is 10.3. The number of anilines is 2. The van der Waals surface area contributed by atoms with Crippen LogP contribution >= 0.6 is 11.6 Å². The Bertz CT molecular complexity index is 1390. The maximum atomic E-state index is 13.7. The molecule has 3 aliphatic rings. The number of pyridine rings is 1. The minimum absolute atomic E-state index is 0.0135. The second kappa shape index (κ2) is 7.70. The van der Waals surface area contributed by atoms with Gasteiger partial charge in [-0.05, 0) is 68.7 Å². The van der Waals surface area contributed by atoms with E-state index in [1.54, 1.807) is 12.1 Å². The predicted octanol–water partition coefficient (Wildman–Crippen LogP) is 4.42. The van der Waals surface area contributed by atoms with Crippen LogP contribution in [0.15, 0.2) is 29.1 Å². The maximum absolute atomic E-state index is 13.7. The van der Waals surface area contributed by atoms with Crippen LogP contribution in [-0.2, 0) is 0 Å². The molecule has 6 rings (SSSR count). The predicted molar refractivity (Wildman–Crippen MR) is 131 cm³/mol. The number of hydrogen-bond donors (Lipinski definition) is 2. The topological polar surface area (TPSA) is 100 Å². The van der Waals surface area contributed by atoms with Gasteiger partial charge in [0.25, 0.3) is 5.56 Å². The average Bonchev–Trinajstić information content (AvgIpc) is 3.73. The molecule has 8 nitrogen and oxygen atoms in total. The number of carboxylic acids is 1. The van der Waals surface area contributed by atoms with Crippen LogP contribution in [0.1, 0.15) is 59.9 Å². The van der Waals surface area contributed by atoms with Crippen LogP contribution in [0.25, 0.3) is 10.9 Å². The number of carboxylic acid groups (broad SMARTS) is 1. The highest BCUT2D eigenvalue weighted by Crippen LogP contribution is 2.47. The molecule has 2 saturated carbocycles. The van der Waals surface area contributed by atoms with Crippen LogP contribution in [0, 0.1) is 18.8 Å². The zero-order valence-electron chi connectivity index (χ0n) is 19.1. The molecule has 2 N–H and O–H groups in total. The summed E-state index contributed by atoms with van der Waals surface area (Å²) in [5, 5.41) is 13.6. The van der Waals surface area contributed by atoms with Gasteiger partial charge in [-0.2, -0.15) is 0 Å². The number of nitrogens with zero attached hydrogens (tertiary/aromatic N) is 4. The summed E-state index contributed by atoms with van der Waals surface area (Å²) >= 11 is 5.92. The normalized spacial score (nSPS) is 22.0. The molecular weight excluding hydrogens is 454 g/mol. The fourth-order valence-electron chi connectivity index (χ4n) is 5.27. The van der Waals surface area contributed by atoms with E-state index in [4.69, 9.17) is 16.6 Å². The molecule has 1 aliphatic heterocycles. The van der Waals surface area contributed by atoms with E-state index in [9.17, 15) is 14.7 Å². The maximum Gasteiger partial charge on any atom is 0.356 e. The molecule has 1 saturated heterocycles. The molecule has 9 heteroatoms. The van der Waals surface area contributed by atoms with Gasteiger partial charge < -0.3 is 15.3 Å².